The second kappa shape index (κ2) is 12.3. The van der Waals surface area contributed by atoms with Crippen LogP contribution in [0, 0.1) is 25.2 Å². The van der Waals surface area contributed by atoms with Gasteiger partial charge in [0.2, 0.25) is 5.89 Å². The van der Waals surface area contributed by atoms with Gasteiger partial charge in [0.25, 0.3) is 0 Å². The summed E-state index contributed by atoms with van der Waals surface area (Å²) in [6, 6.07) is 21.7. The Hall–Kier alpha value is -5.14. The summed E-state index contributed by atoms with van der Waals surface area (Å²) >= 11 is 0. The molecule has 1 aliphatic carbocycles. The second-order valence-corrected chi connectivity index (χ2v) is 14.1. The van der Waals surface area contributed by atoms with Crippen LogP contribution in [0.3, 0.4) is 0 Å². The van der Waals surface area contributed by atoms with Gasteiger partial charge in [-0.2, -0.15) is 5.26 Å². The van der Waals surface area contributed by atoms with Crippen molar-refractivity contribution in [3.63, 3.8) is 0 Å². The van der Waals surface area contributed by atoms with Gasteiger partial charge in [0, 0.05) is 54.7 Å². The first-order valence-electron chi connectivity index (χ1n) is 17.7. The van der Waals surface area contributed by atoms with E-state index in [4.69, 9.17) is 14.4 Å². The maximum atomic E-state index is 10.2. The molecule has 9 heteroatoms. The highest BCUT2D eigenvalue weighted by molar-refractivity contribution is 5.91. The molecule has 0 amide bonds. The number of likely N-dealkylation sites (tertiary alicyclic amines) is 2. The van der Waals surface area contributed by atoms with Crippen molar-refractivity contribution in [2.75, 3.05) is 31.5 Å². The fourth-order valence-electron chi connectivity index (χ4n) is 8.24. The van der Waals surface area contributed by atoms with Gasteiger partial charge in [-0.3, -0.25) is 14.8 Å². The normalized spacial score (nSPS) is 19.2. The molecule has 3 aromatic carbocycles. The van der Waals surface area contributed by atoms with Gasteiger partial charge in [-0.15, -0.1) is 0 Å². The summed E-state index contributed by atoms with van der Waals surface area (Å²) in [6.45, 7) is 8.86. The molecule has 3 aromatic heterocycles. The SMILES string of the molecule is Cc1c(Nc2nccc3cc(CN4CC[C@@H](O)C4)cnc23)cccc1-c1cccc(-c2nc3cc4c(c(C#N)c3o2)CCC4N2CCC2)c1C. The number of nitrogens with zero attached hydrogens (tertiary/aromatic N) is 6. The van der Waals surface area contributed by atoms with Gasteiger partial charge >= 0.3 is 0 Å². The van der Waals surface area contributed by atoms with E-state index in [1.165, 1.54) is 12.0 Å². The van der Waals surface area contributed by atoms with Crippen LogP contribution in [0.15, 0.2) is 71.4 Å². The number of nitriles is 1. The molecule has 1 unspecified atom stereocenters. The highest BCUT2D eigenvalue weighted by Crippen LogP contribution is 2.44. The lowest BCUT2D eigenvalue weighted by Crippen LogP contribution is -2.39. The molecule has 250 valence electrons. The van der Waals surface area contributed by atoms with Crippen molar-refractivity contribution in [3.8, 4) is 28.7 Å². The molecule has 2 atom stereocenters. The molecule has 50 heavy (non-hydrogen) atoms. The van der Waals surface area contributed by atoms with E-state index in [0.29, 0.717) is 35.4 Å². The summed E-state index contributed by atoms with van der Waals surface area (Å²) in [5.41, 5.74) is 12.5. The van der Waals surface area contributed by atoms with E-state index >= 15 is 0 Å². The average Bonchev–Trinajstić information content (AvgIpc) is 3.83. The zero-order valence-corrected chi connectivity index (χ0v) is 28.4. The van der Waals surface area contributed by atoms with Gasteiger partial charge in [0.05, 0.1) is 6.10 Å². The van der Waals surface area contributed by atoms with Gasteiger partial charge in [-0.1, -0.05) is 24.3 Å². The molecule has 6 aromatic rings. The molecule has 0 saturated carbocycles. The van der Waals surface area contributed by atoms with Crippen LogP contribution in [0.2, 0.25) is 0 Å². The predicted molar refractivity (Wildman–Crippen MR) is 195 cm³/mol. The number of hydrogen-bond donors (Lipinski definition) is 2. The number of hydrogen-bond acceptors (Lipinski definition) is 9. The molecule has 9 nitrogen and oxygen atoms in total. The first kappa shape index (κ1) is 30.9. The topological polar surface area (TPSA) is 114 Å². The fraction of sp³-hybridized carbons (Fsp3) is 0.317. The number of benzene rings is 3. The number of anilines is 2. The van der Waals surface area contributed by atoms with Crippen molar-refractivity contribution in [2.24, 2.45) is 0 Å². The van der Waals surface area contributed by atoms with Crippen LogP contribution < -0.4 is 5.32 Å². The molecule has 3 aliphatic rings. The third kappa shape index (κ3) is 5.23. The zero-order valence-electron chi connectivity index (χ0n) is 28.4. The molecule has 2 saturated heterocycles. The third-order valence-electron chi connectivity index (χ3n) is 11.0. The quantitative estimate of drug-likeness (QED) is 0.179. The number of rotatable bonds is 7. The third-order valence-corrected chi connectivity index (χ3v) is 11.0. The highest BCUT2D eigenvalue weighted by Gasteiger charge is 2.34. The van der Waals surface area contributed by atoms with Gasteiger partial charge in [-0.05, 0) is 122 Å². The van der Waals surface area contributed by atoms with Gasteiger partial charge in [0.1, 0.15) is 22.7 Å². The number of fused-ring (bicyclic) bond motifs is 3. The number of oxazole rings is 1. The number of nitrogens with one attached hydrogen (secondary N) is 1. The van der Waals surface area contributed by atoms with E-state index in [1.807, 2.05) is 24.5 Å². The fourth-order valence-corrected chi connectivity index (χ4v) is 8.24. The Balaban J connectivity index is 1.03. The Morgan fingerprint density at radius 2 is 1.80 bits per heavy atom. The predicted octanol–water partition coefficient (Wildman–Crippen LogP) is 7.60. The molecule has 2 N–H and O–H groups in total. The minimum absolute atomic E-state index is 0.239. The van der Waals surface area contributed by atoms with Gasteiger partial charge in [-0.25, -0.2) is 9.97 Å². The Morgan fingerprint density at radius 1 is 0.980 bits per heavy atom. The summed E-state index contributed by atoms with van der Waals surface area (Å²) in [6.07, 6.45) is 7.52. The first-order chi connectivity index (χ1) is 24.4. The van der Waals surface area contributed by atoms with Crippen LogP contribution in [0.4, 0.5) is 11.5 Å². The van der Waals surface area contributed by atoms with E-state index < -0.39 is 0 Å². The van der Waals surface area contributed by atoms with Crippen molar-refractivity contribution in [1.82, 2.24) is 24.8 Å². The lowest BCUT2D eigenvalue weighted by molar-refractivity contribution is 0.118. The number of pyridine rings is 2. The van der Waals surface area contributed by atoms with Crippen LogP contribution in [-0.4, -0.2) is 62.1 Å². The molecular formula is C41H39N7O2. The number of aromatic nitrogens is 3. The van der Waals surface area contributed by atoms with Crippen LogP contribution >= 0.6 is 0 Å². The molecule has 9 rings (SSSR count). The van der Waals surface area contributed by atoms with Gasteiger partial charge < -0.3 is 14.8 Å². The van der Waals surface area contributed by atoms with Crippen LogP contribution in [0.5, 0.6) is 0 Å². The molecule has 0 bridgehead atoms. The largest absolute Gasteiger partial charge is 0.435 e. The van der Waals surface area contributed by atoms with E-state index in [1.54, 1.807) is 0 Å². The zero-order chi connectivity index (χ0) is 33.9. The summed E-state index contributed by atoms with van der Waals surface area (Å²) < 4.78 is 6.44. The summed E-state index contributed by atoms with van der Waals surface area (Å²) in [5, 5.41) is 24.8. The molecule has 5 heterocycles. The average molecular weight is 662 g/mol. The standard InChI is InChI=1S/C41H39N7O2/c1-24-29(6-3-8-31(24)41-46-36-19-33-32(34(20-42)39(36)50-41)10-11-37(33)48-15-5-16-48)30-7-4-9-35(25(30)2)45-40-38-27(12-14-43-40)18-26(21-44-38)22-47-17-13-28(49)23-47/h3-4,6-9,12,14,18-19,21,28,37,49H,5,10-11,13,15-17,22-23H2,1-2H3,(H,43,45)/t28-,37?/m1/s1. The van der Waals surface area contributed by atoms with Crippen LogP contribution in [0.1, 0.15) is 58.7 Å². The smallest absolute Gasteiger partial charge is 0.227 e. The number of β-amino-alcohol motifs (C(OH)–C–C–N with tert-alkyl or cyclic N) is 1. The Morgan fingerprint density at radius 3 is 2.58 bits per heavy atom. The monoisotopic (exact) mass is 661 g/mol. The minimum atomic E-state index is -0.239. The lowest BCUT2D eigenvalue weighted by Gasteiger charge is -2.36. The number of aliphatic hydroxyl groups excluding tert-OH is 1. The lowest BCUT2D eigenvalue weighted by atomic mass is 9.93. The van der Waals surface area contributed by atoms with Crippen molar-refractivity contribution >= 4 is 33.5 Å². The van der Waals surface area contributed by atoms with Crippen LogP contribution in [0.25, 0.3) is 44.6 Å². The maximum absolute atomic E-state index is 10.2. The maximum Gasteiger partial charge on any atom is 0.227 e. The van der Waals surface area contributed by atoms with E-state index in [0.717, 1.165) is 106 Å². The highest BCUT2D eigenvalue weighted by atomic mass is 16.3. The van der Waals surface area contributed by atoms with E-state index in [9.17, 15) is 10.4 Å². The van der Waals surface area contributed by atoms with Gasteiger partial charge in [0.15, 0.2) is 11.4 Å². The molecule has 0 spiro atoms. The Bertz CT molecular complexity index is 2340. The Labute approximate surface area is 291 Å². The summed E-state index contributed by atoms with van der Waals surface area (Å²) in [5.74, 6) is 1.25. The van der Waals surface area contributed by atoms with Crippen LogP contribution in [-0.2, 0) is 13.0 Å². The van der Waals surface area contributed by atoms with Crippen molar-refractivity contribution in [3.05, 3.63) is 100 Å². The molecule has 2 fully saturated rings. The molecular weight excluding hydrogens is 622 g/mol. The van der Waals surface area contributed by atoms with Crippen molar-refractivity contribution in [1.29, 1.82) is 5.26 Å². The van der Waals surface area contributed by atoms with E-state index in [-0.39, 0.29) is 6.10 Å². The first-order valence-corrected chi connectivity index (χ1v) is 17.7. The second-order valence-electron chi connectivity index (χ2n) is 14.1. The minimum Gasteiger partial charge on any atom is -0.435 e. The number of aliphatic hydroxyl groups is 1. The van der Waals surface area contributed by atoms with Crippen molar-refractivity contribution in [2.45, 2.75) is 58.2 Å². The Kier molecular flexibility index (Phi) is 7.61. The van der Waals surface area contributed by atoms with Crippen molar-refractivity contribution < 1.29 is 9.52 Å². The van der Waals surface area contributed by atoms with E-state index in [2.05, 4.69) is 82.5 Å². The summed E-state index contributed by atoms with van der Waals surface area (Å²) in [4.78, 5) is 19.3. The molecule has 2 aliphatic heterocycles. The molecule has 0 radical (unpaired) electrons. The summed E-state index contributed by atoms with van der Waals surface area (Å²) in [7, 11) is 0.